The normalized spacial score (nSPS) is 14.6. The van der Waals surface area contributed by atoms with E-state index in [1.807, 2.05) is 34.9 Å². The Bertz CT molecular complexity index is 871. The molecule has 0 radical (unpaired) electrons. The number of Topliss-reactive ketones (excluding diaryl/α,β-unsaturated/α-hetero) is 1. The first kappa shape index (κ1) is 25.6. The van der Waals surface area contributed by atoms with Gasteiger partial charge in [-0.3, -0.25) is 4.79 Å². The van der Waals surface area contributed by atoms with Gasteiger partial charge in [-0.05, 0) is 24.6 Å². The molecule has 1 aromatic heterocycles. The van der Waals surface area contributed by atoms with Crippen molar-refractivity contribution in [2.45, 2.75) is 26.0 Å². The Hall–Kier alpha value is -2.46. The van der Waals surface area contributed by atoms with E-state index in [4.69, 9.17) is 4.74 Å². The Balaban J connectivity index is 0.000000553. The van der Waals surface area contributed by atoms with Crippen LogP contribution < -0.4 is 4.57 Å². The average molecular weight is 462 g/mol. The fraction of sp³-hybridized carbons (Fsp3) is 0.353. The summed E-state index contributed by atoms with van der Waals surface area (Å²) in [5.74, 6) is -0.492. The van der Waals surface area contributed by atoms with Crippen molar-refractivity contribution < 1.29 is 49.2 Å². The molecule has 0 saturated heterocycles. The zero-order chi connectivity index (χ0) is 23.2. The van der Waals surface area contributed by atoms with Crippen molar-refractivity contribution >= 4 is 19.6 Å². The third-order valence-electron chi connectivity index (χ3n) is 3.42. The molecule has 170 valence electrons. The molecule has 1 N–H and O–H groups in total. The van der Waals surface area contributed by atoms with E-state index >= 15 is 0 Å². The van der Waals surface area contributed by atoms with E-state index < -0.39 is 19.9 Å². The van der Waals surface area contributed by atoms with Crippen LogP contribution in [0.15, 0.2) is 43.0 Å². The molecular formula is C17H21F6N2O4P. The van der Waals surface area contributed by atoms with Crippen LogP contribution in [-0.2, 0) is 23.1 Å². The predicted molar refractivity (Wildman–Crippen MR) is 96.2 cm³/mol. The molecule has 6 nitrogen and oxygen atoms in total. The molecule has 0 spiro atoms. The van der Waals surface area contributed by atoms with Crippen LogP contribution in [0, 0.1) is 0 Å². The topological polar surface area (TPSA) is 72.4 Å². The molecule has 0 aliphatic carbocycles. The van der Waals surface area contributed by atoms with Crippen molar-refractivity contribution in [3.63, 3.8) is 0 Å². The summed E-state index contributed by atoms with van der Waals surface area (Å²) in [6.45, 7) is 2.30. The summed E-state index contributed by atoms with van der Waals surface area (Å²) in [5.41, 5.74) is 1.03. The van der Waals surface area contributed by atoms with Crippen LogP contribution in [0.3, 0.4) is 0 Å². The fourth-order valence-corrected chi connectivity index (χ4v) is 2.19. The van der Waals surface area contributed by atoms with Crippen LogP contribution in [0.5, 0.6) is 0 Å². The van der Waals surface area contributed by atoms with Gasteiger partial charge in [0, 0.05) is 6.42 Å². The van der Waals surface area contributed by atoms with E-state index in [9.17, 15) is 39.9 Å². The Kier molecular flexibility index (Phi) is 7.44. The number of ketones is 1. The predicted octanol–water partition coefficient (Wildman–Crippen LogP) is 4.56. The van der Waals surface area contributed by atoms with Gasteiger partial charge in [0.15, 0.2) is 0 Å². The Morgan fingerprint density at radius 2 is 1.67 bits per heavy atom. The van der Waals surface area contributed by atoms with Crippen molar-refractivity contribution in [2.75, 3.05) is 6.61 Å². The van der Waals surface area contributed by atoms with E-state index in [1.165, 1.54) is 6.92 Å². The second-order valence-corrected chi connectivity index (χ2v) is 8.37. The molecule has 1 atom stereocenters. The maximum absolute atomic E-state index is 11.9. The summed E-state index contributed by atoms with van der Waals surface area (Å²) in [5, 5.41) is 9.85. The number of aliphatic hydroxyl groups excluding tert-OH is 1. The summed E-state index contributed by atoms with van der Waals surface area (Å²) in [7, 11) is -8.74. The summed E-state index contributed by atoms with van der Waals surface area (Å²) in [6, 6.07) is 6.46. The van der Waals surface area contributed by atoms with Crippen LogP contribution in [0.4, 0.5) is 25.2 Å². The number of aromatic nitrogens is 2. The summed E-state index contributed by atoms with van der Waals surface area (Å²) >= 11 is 0. The van der Waals surface area contributed by atoms with Gasteiger partial charge in [-0.15, -0.1) is 0 Å². The number of carbonyl (C=O) groups excluding carboxylic acids is 2. The molecule has 0 amide bonds. The molecule has 0 aliphatic rings. The number of benzene rings is 1. The Morgan fingerprint density at radius 3 is 2.10 bits per heavy atom. The van der Waals surface area contributed by atoms with Crippen LogP contribution in [0.2, 0.25) is 0 Å². The van der Waals surface area contributed by atoms with Crippen molar-refractivity contribution in [2.24, 2.45) is 7.05 Å². The molecule has 0 bridgehead atoms. The van der Waals surface area contributed by atoms with Crippen LogP contribution in [0.25, 0.3) is 0 Å². The van der Waals surface area contributed by atoms with E-state index in [0.717, 1.165) is 0 Å². The van der Waals surface area contributed by atoms with Gasteiger partial charge in [-0.2, -0.15) is 0 Å². The van der Waals surface area contributed by atoms with Crippen LogP contribution in [-0.4, -0.2) is 28.0 Å². The first-order valence-corrected chi connectivity index (χ1v) is 10.5. The standard InChI is InChI=1S/C17H21N2O4.F6P/c1-13(20)11-16(21)14-3-5-15(6-4-14)17(22)23-10-9-19-8-7-18(2)12-19;1-7(2,3,4,5)6/h3-8,12,16,21H,9-11H2,1-2H3;/q+1;-1/t16-;/m1./s1. The number of nitrogens with zero attached hydrogens (tertiary/aromatic N) is 2. The van der Waals surface area contributed by atoms with Crippen molar-refractivity contribution in [1.29, 1.82) is 0 Å². The third kappa shape index (κ3) is 12.9. The summed E-state index contributed by atoms with van der Waals surface area (Å²) < 4.78 is 68.2. The first-order valence-electron chi connectivity index (χ1n) is 8.42. The van der Waals surface area contributed by atoms with E-state index in [0.29, 0.717) is 17.7 Å². The van der Waals surface area contributed by atoms with Gasteiger partial charge in [0.2, 0.25) is 6.33 Å². The van der Waals surface area contributed by atoms with Crippen molar-refractivity contribution in [3.05, 3.63) is 54.1 Å². The summed E-state index contributed by atoms with van der Waals surface area (Å²) in [4.78, 5) is 22.9. The van der Waals surface area contributed by atoms with Crippen molar-refractivity contribution in [1.82, 2.24) is 4.57 Å². The Morgan fingerprint density at radius 1 is 1.13 bits per heavy atom. The average Bonchev–Trinajstić information content (AvgIpc) is 2.96. The molecule has 0 unspecified atom stereocenters. The SMILES string of the molecule is CC(=O)C[C@@H](O)c1ccc(C(=O)OCCn2cc[n+](C)c2)cc1.F[P-](F)(F)(F)(F)F. The molecular weight excluding hydrogens is 441 g/mol. The van der Waals surface area contributed by atoms with E-state index in [-0.39, 0.29) is 18.8 Å². The third-order valence-corrected chi connectivity index (χ3v) is 3.42. The van der Waals surface area contributed by atoms with E-state index in [1.54, 1.807) is 24.3 Å². The van der Waals surface area contributed by atoms with Gasteiger partial charge in [0.1, 0.15) is 31.3 Å². The second kappa shape index (κ2) is 8.73. The molecule has 0 aliphatic heterocycles. The number of hydrogen-bond acceptors (Lipinski definition) is 4. The van der Waals surface area contributed by atoms with Gasteiger partial charge < -0.3 is 9.84 Å². The molecule has 1 aromatic carbocycles. The monoisotopic (exact) mass is 462 g/mol. The number of imidazole rings is 1. The van der Waals surface area contributed by atoms with Gasteiger partial charge in [0.05, 0.1) is 18.7 Å². The molecule has 1 heterocycles. The minimum atomic E-state index is -10.7. The molecule has 2 aromatic rings. The molecule has 2 rings (SSSR count). The number of carbonyl (C=O) groups is 2. The van der Waals surface area contributed by atoms with Gasteiger partial charge >= 0.3 is 39.0 Å². The van der Waals surface area contributed by atoms with Gasteiger partial charge in [-0.25, -0.2) is 13.9 Å². The van der Waals surface area contributed by atoms with Crippen LogP contribution >= 0.6 is 7.81 Å². The number of hydrogen-bond donors (Lipinski definition) is 1. The number of rotatable bonds is 7. The molecule has 0 saturated carbocycles. The molecule has 30 heavy (non-hydrogen) atoms. The molecule has 0 fully saturated rings. The van der Waals surface area contributed by atoms with E-state index in [2.05, 4.69) is 0 Å². The minimum absolute atomic E-state index is 0.0676. The van der Waals surface area contributed by atoms with Gasteiger partial charge in [-0.1, -0.05) is 12.1 Å². The second-order valence-electron chi connectivity index (χ2n) is 6.46. The number of halogens is 6. The first-order chi connectivity index (χ1) is 13.4. The zero-order valence-electron chi connectivity index (χ0n) is 16.0. The zero-order valence-corrected chi connectivity index (χ0v) is 16.9. The molecule has 13 heteroatoms. The maximum atomic E-state index is 11.9. The Labute approximate surface area is 167 Å². The quantitative estimate of drug-likeness (QED) is 0.283. The number of ether oxygens (including phenoxy) is 1. The fourth-order valence-electron chi connectivity index (χ4n) is 2.19. The van der Waals surface area contributed by atoms with Gasteiger partial charge in [0.25, 0.3) is 0 Å². The van der Waals surface area contributed by atoms with Crippen molar-refractivity contribution in [3.8, 4) is 0 Å². The number of aryl methyl sites for hydroxylation is 1. The number of esters is 1. The number of aliphatic hydroxyl groups is 1. The van der Waals surface area contributed by atoms with Crippen LogP contribution in [0.1, 0.15) is 35.4 Å². The summed E-state index contributed by atoms with van der Waals surface area (Å²) in [6.07, 6.45) is 4.94.